The van der Waals surface area contributed by atoms with Crippen molar-refractivity contribution in [3.63, 3.8) is 0 Å². The minimum atomic E-state index is -1.21. The molecule has 1 saturated carbocycles. The SMILES string of the molecule is CCCC[C@H](C(N)=O)[C@@H](CC1CC1)C(=O)NC1N=C(c2ccccc2)c2ccccc2N(Cc2cccc(-c3ccc(OC)cc3)c2)C1=O. The summed E-state index contributed by atoms with van der Waals surface area (Å²) in [5.41, 5.74) is 11.8. The summed E-state index contributed by atoms with van der Waals surface area (Å²) < 4.78 is 5.33. The van der Waals surface area contributed by atoms with Crippen LogP contribution in [-0.4, -0.2) is 36.7 Å². The van der Waals surface area contributed by atoms with Crippen molar-refractivity contribution in [3.05, 3.63) is 120 Å². The molecule has 1 aliphatic heterocycles. The van der Waals surface area contributed by atoms with Crippen LogP contribution in [0.3, 0.4) is 0 Å². The summed E-state index contributed by atoms with van der Waals surface area (Å²) in [4.78, 5) is 48.3. The number of para-hydroxylation sites is 1. The molecule has 6 rings (SSSR count). The van der Waals surface area contributed by atoms with E-state index >= 15 is 0 Å². The van der Waals surface area contributed by atoms with Crippen molar-refractivity contribution < 1.29 is 19.1 Å². The van der Waals surface area contributed by atoms with Gasteiger partial charge in [-0.3, -0.25) is 14.4 Å². The second-order valence-electron chi connectivity index (χ2n) is 13.1. The summed E-state index contributed by atoms with van der Waals surface area (Å²) >= 11 is 0. The molecule has 3 atom stereocenters. The molecule has 8 heteroatoms. The lowest BCUT2D eigenvalue weighted by atomic mass is 9.83. The molecule has 49 heavy (non-hydrogen) atoms. The molecule has 0 saturated heterocycles. The standard InChI is InChI=1S/C41H44N4O4/c1-3-4-15-33(38(42)46)35(25-27-18-19-27)40(47)44-39-41(48)45(26-28-11-10-14-31(24-28)29-20-22-32(49-2)23-21-29)36-17-9-8-16-34(36)37(43-39)30-12-6-5-7-13-30/h5-14,16-17,20-24,27,33,35,39H,3-4,15,18-19,25-26H2,1-2H3,(H2,42,46)(H,44,47)/t33-,35+,39?/m0/s1. The number of nitrogens with two attached hydrogens (primary N) is 1. The third-order valence-corrected chi connectivity index (χ3v) is 9.57. The van der Waals surface area contributed by atoms with E-state index in [0.29, 0.717) is 30.2 Å². The van der Waals surface area contributed by atoms with Crippen LogP contribution in [-0.2, 0) is 20.9 Å². The predicted molar refractivity (Wildman–Crippen MR) is 193 cm³/mol. The number of hydrogen-bond donors (Lipinski definition) is 2. The Kier molecular flexibility index (Phi) is 10.5. The molecule has 1 fully saturated rings. The van der Waals surface area contributed by atoms with E-state index in [0.717, 1.165) is 59.3 Å². The number of ether oxygens (including phenoxy) is 1. The zero-order valence-corrected chi connectivity index (χ0v) is 28.2. The Morgan fingerprint density at radius 3 is 2.31 bits per heavy atom. The van der Waals surface area contributed by atoms with Crippen molar-refractivity contribution in [2.45, 2.75) is 58.2 Å². The summed E-state index contributed by atoms with van der Waals surface area (Å²) in [6.45, 7) is 2.31. The van der Waals surface area contributed by atoms with E-state index in [4.69, 9.17) is 15.5 Å². The number of carbonyl (C=O) groups is 3. The summed E-state index contributed by atoms with van der Waals surface area (Å²) in [5, 5.41) is 3.01. The van der Waals surface area contributed by atoms with Crippen LogP contribution in [0, 0.1) is 17.8 Å². The van der Waals surface area contributed by atoms with Crippen molar-refractivity contribution >= 4 is 29.1 Å². The molecule has 1 heterocycles. The van der Waals surface area contributed by atoms with Crippen LogP contribution >= 0.6 is 0 Å². The number of anilines is 1. The minimum Gasteiger partial charge on any atom is -0.497 e. The predicted octanol–water partition coefficient (Wildman–Crippen LogP) is 6.90. The average Bonchev–Trinajstić information content (AvgIpc) is 3.97. The Bertz CT molecular complexity index is 1820. The van der Waals surface area contributed by atoms with Gasteiger partial charge in [-0.1, -0.05) is 111 Å². The van der Waals surface area contributed by atoms with Crippen molar-refractivity contribution in [3.8, 4) is 16.9 Å². The first kappa shape index (κ1) is 33.7. The Labute approximate surface area is 288 Å². The normalized spacial score (nSPS) is 16.9. The highest BCUT2D eigenvalue weighted by molar-refractivity contribution is 6.20. The highest BCUT2D eigenvalue weighted by Gasteiger charge is 2.40. The molecule has 252 valence electrons. The van der Waals surface area contributed by atoms with E-state index in [1.807, 2.05) is 97.1 Å². The third-order valence-electron chi connectivity index (χ3n) is 9.57. The highest BCUT2D eigenvalue weighted by atomic mass is 16.5. The summed E-state index contributed by atoms with van der Waals surface area (Å²) in [6.07, 6.45) is 3.64. The molecule has 4 aromatic rings. The average molecular weight is 657 g/mol. The first-order valence-electron chi connectivity index (χ1n) is 17.2. The number of methoxy groups -OCH3 is 1. The van der Waals surface area contributed by atoms with Crippen LogP contribution in [0.2, 0.25) is 0 Å². The zero-order chi connectivity index (χ0) is 34.3. The Morgan fingerprint density at radius 1 is 0.898 bits per heavy atom. The quantitative estimate of drug-likeness (QED) is 0.154. The molecule has 1 unspecified atom stereocenters. The van der Waals surface area contributed by atoms with Crippen LogP contribution in [0.4, 0.5) is 5.69 Å². The molecule has 3 N–H and O–H groups in total. The van der Waals surface area contributed by atoms with Gasteiger partial charge in [0.15, 0.2) is 0 Å². The van der Waals surface area contributed by atoms with Gasteiger partial charge < -0.3 is 20.7 Å². The lowest BCUT2D eigenvalue weighted by Gasteiger charge is -2.28. The largest absolute Gasteiger partial charge is 0.497 e. The lowest BCUT2D eigenvalue weighted by Crippen LogP contribution is -2.50. The van der Waals surface area contributed by atoms with Gasteiger partial charge in [0, 0.05) is 23.0 Å². The fourth-order valence-corrected chi connectivity index (χ4v) is 6.70. The van der Waals surface area contributed by atoms with Crippen molar-refractivity contribution in [2.24, 2.45) is 28.5 Å². The van der Waals surface area contributed by atoms with E-state index in [1.54, 1.807) is 12.0 Å². The minimum absolute atomic E-state index is 0.260. The topological polar surface area (TPSA) is 114 Å². The van der Waals surface area contributed by atoms with Crippen molar-refractivity contribution in [2.75, 3.05) is 12.0 Å². The number of amides is 3. The van der Waals surface area contributed by atoms with E-state index in [1.165, 1.54) is 0 Å². The van der Waals surface area contributed by atoms with Crippen LogP contribution in [0.25, 0.3) is 11.1 Å². The number of carbonyl (C=O) groups excluding carboxylic acids is 3. The molecule has 0 bridgehead atoms. The molecule has 4 aromatic carbocycles. The van der Waals surface area contributed by atoms with Crippen LogP contribution in [0.5, 0.6) is 5.75 Å². The molecule has 0 aromatic heterocycles. The monoisotopic (exact) mass is 656 g/mol. The second kappa shape index (κ2) is 15.3. The number of hydrogen-bond acceptors (Lipinski definition) is 5. The fourth-order valence-electron chi connectivity index (χ4n) is 6.70. The van der Waals surface area contributed by atoms with E-state index in [2.05, 4.69) is 18.3 Å². The van der Waals surface area contributed by atoms with Gasteiger partial charge in [0.2, 0.25) is 18.0 Å². The maximum absolute atomic E-state index is 14.7. The Balaban J connectivity index is 1.38. The lowest BCUT2D eigenvalue weighted by molar-refractivity contribution is -0.135. The second-order valence-corrected chi connectivity index (χ2v) is 13.1. The van der Waals surface area contributed by atoms with Gasteiger partial charge in [0.05, 0.1) is 25.1 Å². The van der Waals surface area contributed by atoms with Gasteiger partial charge in [0.1, 0.15) is 5.75 Å². The number of nitrogens with zero attached hydrogens (tertiary/aromatic N) is 2. The first-order valence-corrected chi connectivity index (χ1v) is 17.2. The van der Waals surface area contributed by atoms with E-state index < -0.39 is 23.9 Å². The molecule has 1 aliphatic carbocycles. The molecular weight excluding hydrogens is 612 g/mol. The van der Waals surface area contributed by atoms with Crippen LogP contribution in [0.15, 0.2) is 108 Å². The summed E-state index contributed by atoms with van der Waals surface area (Å²) in [5.74, 6) is -1.25. The number of unbranched alkanes of at least 4 members (excludes halogenated alkanes) is 1. The number of benzene rings is 4. The molecule has 0 spiro atoms. The van der Waals surface area contributed by atoms with Gasteiger partial charge in [-0.05, 0) is 59.7 Å². The number of aliphatic imine (C=N–C) groups is 1. The van der Waals surface area contributed by atoms with Gasteiger partial charge in [-0.15, -0.1) is 0 Å². The van der Waals surface area contributed by atoms with Gasteiger partial charge in [-0.25, -0.2) is 4.99 Å². The summed E-state index contributed by atoms with van der Waals surface area (Å²) in [6, 6.07) is 33.4. The van der Waals surface area contributed by atoms with Crippen molar-refractivity contribution in [1.82, 2.24) is 5.32 Å². The van der Waals surface area contributed by atoms with Gasteiger partial charge in [0.25, 0.3) is 5.91 Å². The molecule has 0 radical (unpaired) electrons. The zero-order valence-electron chi connectivity index (χ0n) is 28.2. The molecule has 3 amide bonds. The molecule has 2 aliphatic rings. The molecular formula is C41H44N4O4. The fraction of sp³-hybridized carbons (Fsp3) is 0.317. The number of nitrogens with one attached hydrogen (secondary N) is 1. The first-order chi connectivity index (χ1) is 23.9. The van der Waals surface area contributed by atoms with Crippen LogP contribution in [0.1, 0.15) is 62.1 Å². The number of rotatable bonds is 14. The Morgan fingerprint density at radius 2 is 1.61 bits per heavy atom. The van der Waals surface area contributed by atoms with E-state index in [9.17, 15) is 14.4 Å². The number of fused-ring (bicyclic) bond motifs is 1. The third kappa shape index (κ3) is 7.91. The maximum Gasteiger partial charge on any atom is 0.272 e. The van der Waals surface area contributed by atoms with Crippen molar-refractivity contribution in [1.29, 1.82) is 0 Å². The highest BCUT2D eigenvalue weighted by Crippen LogP contribution is 2.39. The number of primary amides is 1. The van der Waals surface area contributed by atoms with E-state index in [-0.39, 0.29) is 18.4 Å². The summed E-state index contributed by atoms with van der Waals surface area (Å²) in [7, 11) is 1.64. The number of benzodiazepines with no additional fused rings is 1. The smallest absolute Gasteiger partial charge is 0.272 e. The van der Waals surface area contributed by atoms with Gasteiger partial charge in [-0.2, -0.15) is 0 Å². The molecule has 8 nitrogen and oxygen atoms in total. The maximum atomic E-state index is 14.7. The van der Waals surface area contributed by atoms with Crippen LogP contribution < -0.4 is 20.7 Å². The Hall–Kier alpha value is -5.24. The van der Waals surface area contributed by atoms with Gasteiger partial charge >= 0.3 is 0 Å².